The molecule has 2 heterocycles. The third-order valence-corrected chi connectivity index (χ3v) is 10.7. The first kappa shape index (κ1) is 45.8. The van der Waals surface area contributed by atoms with E-state index in [-0.39, 0.29) is 77.9 Å². The molecule has 0 saturated heterocycles. The first-order valence-electron chi connectivity index (χ1n) is 21.0. The van der Waals surface area contributed by atoms with E-state index in [1.807, 2.05) is 65.0 Å². The van der Waals surface area contributed by atoms with Crippen LogP contribution < -0.4 is 26.0 Å². The van der Waals surface area contributed by atoms with Crippen molar-refractivity contribution in [2.45, 2.75) is 109 Å². The van der Waals surface area contributed by atoms with Crippen molar-refractivity contribution in [2.24, 2.45) is 5.92 Å². The van der Waals surface area contributed by atoms with Gasteiger partial charge in [0.25, 0.3) is 0 Å². The number of amides is 4. The fraction of sp³-hybridized carbons (Fsp3) is 0.375. The first-order chi connectivity index (χ1) is 29.7. The average Bonchev–Trinajstić information content (AvgIpc) is 3.49. The largest absolute Gasteiger partial charge is 0.508 e. The molecule has 1 spiro atoms. The van der Waals surface area contributed by atoms with Gasteiger partial charge in [0.05, 0.1) is 11.7 Å². The molecule has 0 radical (unpaired) electrons. The number of aromatic hydroxyl groups is 2. The minimum absolute atomic E-state index is 0.0640. The second kappa shape index (κ2) is 18.7. The van der Waals surface area contributed by atoms with Gasteiger partial charge in [0.15, 0.2) is 11.4 Å². The van der Waals surface area contributed by atoms with Crippen LogP contribution in [0.4, 0.5) is 0 Å². The lowest BCUT2D eigenvalue weighted by Crippen LogP contribution is -2.61. The fourth-order valence-corrected chi connectivity index (χ4v) is 7.84. The van der Waals surface area contributed by atoms with Crippen molar-refractivity contribution in [3.63, 3.8) is 0 Å². The Balaban J connectivity index is 1.10. The molecular weight excluding hydrogens is 809 g/mol. The number of Topliss-reactive ketones (excluding diaryl/α,β-unsaturated/α-hetero) is 1. The number of nitrogens with one attached hydrogen (secondary N) is 4. The summed E-state index contributed by atoms with van der Waals surface area (Å²) >= 11 is 0. The molecule has 15 nitrogen and oxygen atoms in total. The maximum Gasteiger partial charge on any atom is 0.340 e. The molecule has 7 N–H and O–H groups in total. The van der Waals surface area contributed by atoms with Crippen LogP contribution in [0.15, 0.2) is 84.9 Å². The molecule has 0 unspecified atom stereocenters. The number of carbonyl (C=O) groups excluding carboxylic acids is 6. The van der Waals surface area contributed by atoms with Crippen LogP contribution in [0, 0.1) is 5.92 Å². The smallest absolute Gasteiger partial charge is 0.340 e. The summed E-state index contributed by atoms with van der Waals surface area (Å²) in [5, 5.41) is 41.9. The maximum absolute atomic E-state index is 13.7. The highest BCUT2D eigenvalue weighted by atomic mass is 16.6. The molecule has 4 aromatic rings. The topological polar surface area (TPSA) is 230 Å². The molecule has 63 heavy (non-hydrogen) atoms. The van der Waals surface area contributed by atoms with Crippen LogP contribution in [0.25, 0.3) is 0 Å². The van der Waals surface area contributed by atoms with E-state index >= 15 is 0 Å². The molecule has 0 aromatic heterocycles. The molecule has 4 amide bonds. The number of phenols is 2. The van der Waals surface area contributed by atoms with Gasteiger partial charge in [0.1, 0.15) is 41.1 Å². The molecular formula is C48H54N4O11. The lowest BCUT2D eigenvalue weighted by Gasteiger charge is -2.36. The highest BCUT2D eigenvalue weighted by Crippen LogP contribution is 2.57. The quantitative estimate of drug-likeness (QED) is 0.0582. The van der Waals surface area contributed by atoms with E-state index in [2.05, 4.69) is 21.3 Å². The molecule has 6 rings (SSSR count). The van der Waals surface area contributed by atoms with Gasteiger partial charge in [-0.25, -0.2) is 4.79 Å². The number of ether oxygens (including phenoxy) is 2. The Labute approximate surface area is 365 Å². The van der Waals surface area contributed by atoms with Crippen molar-refractivity contribution >= 4 is 35.4 Å². The number of esters is 1. The lowest BCUT2D eigenvalue weighted by molar-refractivity contribution is -0.136. The van der Waals surface area contributed by atoms with Gasteiger partial charge in [0.2, 0.25) is 23.6 Å². The molecule has 4 atom stereocenters. The van der Waals surface area contributed by atoms with Crippen LogP contribution >= 0.6 is 0 Å². The highest BCUT2D eigenvalue weighted by molar-refractivity contribution is 6.02. The van der Waals surface area contributed by atoms with Crippen LogP contribution in [-0.4, -0.2) is 80.5 Å². The Morgan fingerprint density at radius 2 is 1.33 bits per heavy atom. The zero-order chi connectivity index (χ0) is 45.8. The van der Waals surface area contributed by atoms with Crippen molar-refractivity contribution in [2.75, 3.05) is 0 Å². The van der Waals surface area contributed by atoms with Crippen molar-refractivity contribution in [1.82, 2.24) is 21.3 Å². The van der Waals surface area contributed by atoms with E-state index in [0.717, 1.165) is 5.56 Å². The minimum Gasteiger partial charge on any atom is -0.508 e. The van der Waals surface area contributed by atoms with Gasteiger partial charge in [-0.1, -0.05) is 56.3 Å². The van der Waals surface area contributed by atoms with E-state index in [4.69, 9.17) is 9.47 Å². The molecule has 332 valence electrons. The Morgan fingerprint density at radius 1 is 0.714 bits per heavy atom. The van der Waals surface area contributed by atoms with Crippen molar-refractivity contribution in [1.29, 1.82) is 0 Å². The Kier molecular flexibility index (Phi) is 13.6. The van der Waals surface area contributed by atoms with E-state index in [9.17, 15) is 44.1 Å². The SMILES string of the molecule is CC(C)C[C@H](NC(=O)CCCC(=O)c1ccc2c(c1)C(=O)OC21c2ccc(O)cc2Oc2cc(O)ccc21)C(=O)N[C@H](C(=O)N[C@@H](Cc1ccccc1)C(=O)NC(C)(C)C)[C@@H](C)O. The third kappa shape index (κ3) is 10.5. The molecule has 2 aliphatic rings. The van der Waals surface area contributed by atoms with Crippen molar-refractivity contribution in [3.8, 4) is 23.0 Å². The van der Waals surface area contributed by atoms with Crippen molar-refractivity contribution in [3.05, 3.63) is 118 Å². The number of carbonyl (C=O) groups is 6. The number of fused-ring (bicyclic) bond motifs is 6. The number of aliphatic hydroxyl groups excluding tert-OH is 1. The summed E-state index contributed by atoms with van der Waals surface area (Å²) in [6.07, 6.45) is -1.09. The summed E-state index contributed by atoms with van der Waals surface area (Å²) in [5.74, 6) is -3.27. The average molecular weight is 863 g/mol. The Bertz CT molecular complexity index is 2360. The molecule has 0 fully saturated rings. The van der Waals surface area contributed by atoms with Crippen LogP contribution in [-0.2, 0) is 35.9 Å². The summed E-state index contributed by atoms with van der Waals surface area (Å²) < 4.78 is 12.1. The van der Waals surface area contributed by atoms with E-state index in [0.29, 0.717) is 16.7 Å². The summed E-state index contributed by atoms with van der Waals surface area (Å²) in [6.45, 7) is 10.5. The lowest BCUT2D eigenvalue weighted by atomic mass is 9.77. The van der Waals surface area contributed by atoms with Crippen LogP contribution in [0.5, 0.6) is 23.0 Å². The van der Waals surface area contributed by atoms with E-state index in [1.54, 1.807) is 24.3 Å². The summed E-state index contributed by atoms with van der Waals surface area (Å²) in [5.41, 5.74) is 0.388. The van der Waals surface area contributed by atoms with Gasteiger partial charge >= 0.3 is 5.97 Å². The molecule has 0 bridgehead atoms. The fourth-order valence-electron chi connectivity index (χ4n) is 7.84. The van der Waals surface area contributed by atoms with Gasteiger partial charge < -0.3 is 46.1 Å². The number of rotatable bonds is 16. The van der Waals surface area contributed by atoms with E-state index in [1.165, 1.54) is 37.3 Å². The summed E-state index contributed by atoms with van der Waals surface area (Å²) in [7, 11) is 0. The van der Waals surface area contributed by atoms with Crippen molar-refractivity contribution < 1.29 is 53.6 Å². The number of hydrogen-bond acceptors (Lipinski definition) is 11. The molecule has 15 heteroatoms. The second-order valence-electron chi connectivity index (χ2n) is 17.5. The molecule has 0 aliphatic carbocycles. The normalized spacial score (nSPS) is 15.3. The highest BCUT2D eigenvalue weighted by Gasteiger charge is 2.54. The Morgan fingerprint density at radius 3 is 1.92 bits per heavy atom. The standard InChI is InChI=1S/C48H54N4O11/c1-26(2)21-36(43(58)51-42(27(3)53)45(60)50-37(44(59)52-47(4,5)6)22-28-11-8-7-9-12-28)49-41(57)14-10-13-38(56)29-15-18-33-32(23-29)46(61)63-48(33)34-19-16-30(54)24-39(34)62-40-25-31(55)17-20-35(40)48/h7-9,11-12,15-20,23-27,36-37,42,53-55H,10,13-14,21-22H2,1-6H3,(H,49,57)(H,50,60)(H,51,58)(H,52,59)/t27-,36+,37+,42+/m1/s1. The van der Waals surface area contributed by atoms with Crippen LogP contribution in [0.1, 0.15) is 110 Å². The predicted octanol–water partition coefficient (Wildman–Crippen LogP) is 5.06. The summed E-state index contributed by atoms with van der Waals surface area (Å²) in [6, 6.07) is 19.0. The number of phenolic OH excluding ortho intramolecular Hbond substituents is 2. The van der Waals surface area contributed by atoms with Gasteiger partial charge in [-0.2, -0.15) is 0 Å². The van der Waals surface area contributed by atoms with Crippen LogP contribution in [0.2, 0.25) is 0 Å². The van der Waals surface area contributed by atoms with Crippen LogP contribution in [0.3, 0.4) is 0 Å². The molecule has 0 saturated carbocycles. The van der Waals surface area contributed by atoms with E-state index < -0.39 is 65.0 Å². The first-order valence-corrected chi connectivity index (χ1v) is 21.0. The molecule has 4 aromatic carbocycles. The number of ketones is 1. The number of aliphatic hydroxyl groups is 1. The van der Waals surface area contributed by atoms with Gasteiger partial charge in [0, 0.05) is 59.2 Å². The van der Waals surface area contributed by atoms with Gasteiger partial charge in [-0.3, -0.25) is 24.0 Å². The van der Waals surface area contributed by atoms with Gasteiger partial charge in [-0.15, -0.1) is 0 Å². The monoisotopic (exact) mass is 862 g/mol. The maximum atomic E-state index is 13.7. The minimum atomic E-state index is -1.48. The second-order valence-corrected chi connectivity index (χ2v) is 17.5. The Hall–Kier alpha value is -6.74. The number of benzene rings is 4. The zero-order valence-electron chi connectivity index (χ0n) is 36.1. The number of hydrogen-bond donors (Lipinski definition) is 7. The predicted molar refractivity (Wildman–Crippen MR) is 231 cm³/mol. The zero-order valence-corrected chi connectivity index (χ0v) is 36.1. The van der Waals surface area contributed by atoms with Gasteiger partial charge in [-0.05, 0) is 82.3 Å². The third-order valence-electron chi connectivity index (χ3n) is 10.7. The summed E-state index contributed by atoms with van der Waals surface area (Å²) in [4.78, 5) is 80.9. The molecule has 2 aliphatic heterocycles.